The van der Waals surface area contributed by atoms with Crippen LogP contribution in [0.15, 0.2) is 65.6 Å². The summed E-state index contributed by atoms with van der Waals surface area (Å²) in [7, 11) is -3.83. The van der Waals surface area contributed by atoms with Gasteiger partial charge in [-0.1, -0.05) is 41.4 Å². The molecular weight excluding hydrogens is 360 g/mol. The number of hydrogen-bond donors (Lipinski definition) is 2. The highest BCUT2D eigenvalue weighted by Gasteiger charge is 2.18. The maximum Gasteiger partial charge on any atom is 0.264 e. The lowest BCUT2D eigenvalue weighted by atomic mass is 10.2. The number of anilines is 3. The van der Waals surface area contributed by atoms with Gasteiger partial charge in [0.15, 0.2) is 11.6 Å². The monoisotopic (exact) mass is 374 g/mol. The summed E-state index contributed by atoms with van der Waals surface area (Å²) in [5, 5.41) is 11.1. The summed E-state index contributed by atoms with van der Waals surface area (Å²) in [5.41, 5.74) is 2.02. The number of nitrogens with zero attached hydrogens (tertiary/aromatic N) is 2. The summed E-state index contributed by atoms with van der Waals surface area (Å²) in [6, 6.07) is 17.1. The minimum atomic E-state index is -3.83. The lowest BCUT2D eigenvalue weighted by molar-refractivity contribution is 0.601. The standard InChI is InChI=1S/C17H15ClN4O2S/c1-12-6-8-13(9-7-12)19-16-10-11-17(21-20-16)22-25(23,24)15-5-3-2-4-14(15)18/h2-11H,1H3,(H,19,20)(H,21,22). The van der Waals surface area contributed by atoms with Gasteiger partial charge in [-0.15, -0.1) is 10.2 Å². The highest BCUT2D eigenvalue weighted by Crippen LogP contribution is 2.23. The molecule has 0 aliphatic carbocycles. The molecule has 3 rings (SSSR count). The van der Waals surface area contributed by atoms with Crippen molar-refractivity contribution >= 4 is 38.9 Å². The van der Waals surface area contributed by atoms with E-state index in [0.29, 0.717) is 5.82 Å². The van der Waals surface area contributed by atoms with Crippen molar-refractivity contribution in [3.05, 3.63) is 71.2 Å². The fourth-order valence-corrected chi connectivity index (χ4v) is 3.61. The molecule has 0 spiro atoms. The first-order valence-electron chi connectivity index (χ1n) is 7.39. The Morgan fingerprint density at radius 3 is 2.16 bits per heavy atom. The van der Waals surface area contributed by atoms with Crippen LogP contribution in [0.2, 0.25) is 5.02 Å². The molecule has 128 valence electrons. The summed E-state index contributed by atoms with van der Waals surface area (Å²) in [6.07, 6.45) is 0. The number of aromatic nitrogens is 2. The number of sulfonamides is 1. The molecule has 0 aliphatic rings. The van der Waals surface area contributed by atoms with E-state index in [2.05, 4.69) is 20.2 Å². The zero-order chi connectivity index (χ0) is 17.9. The van der Waals surface area contributed by atoms with Gasteiger partial charge in [-0.25, -0.2) is 8.42 Å². The first-order valence-corrected chi connectivity index (χ1v) is 9.25. The lowest BCUT2D eigenvalue weighted by Crippen LogP contribution is -2.14. The van der Waals surface area contributed by atoms with E-state index in [4.69, 9.17) is 11.6 Å². The molecule has 3 aromatic rings. The predicted molar refractivity (Wildman–Crippen MR) is 98.8 cm³/mol. The van der Waals surface area contributed by atoms with E-state index in [1.807, 2.05) is 31.2 Å². The van der Waals surface area contributed by atoms with Crippen LogP contribution in [0.1, 0.15) is 5.56 Å². The van der Waals surface area contributed by atoms with Crippen LogP contribution >= 0.6 is 11.6 Å². The van der Waals surface area contributed by atoms with Crippen LogP contribution < -0.4 is 10.0 Å². The summed E-state index contributed by atoms with van der Waals surface area (Å²) >= 11 is 5.94. The van der Waals surface area contributed by atoms with E-state index in [-0.39, 0.29) is 15.7 Å². The van der Waals surface area contributed by atoms with Crippen molar-refractivity contribution < 1.29 is 8.42 Å². The number of hydrogen-bond acceptors (Lipinski definition) is 5. The normalized spacial score (nSPS) is 11.1. The molecule has 25 heavy (non-hydrogen) atoms. The molecule has 1 heterocycles. The average Bonchev–Trinajstić information content (AvgIpc) is 2.59. The summed E-state index contributed by atoms with van der Waals surface area (Å²) in [5.74, 6) is 0.610. The van der Waals surface area contributed by atoms with Crippen LogP contribution in [0.3, 0.4) is 0 Å². The Morgan fingerprint density at radius 2 is 1.52 bits per heavy atom. The number of benzene rings is 2. The van der Waals surface area contributed by atoms with Crippen LogP contribution in [0, 0.1) is 6.92 Å². The van der Waals surface area contributed by atoms with E-state index in [0.717, 1.165) is 11.3 Å². The van der Waals surface area contributed by atoms with Gasteiger partial charge >= 0.3 is 0 Å². The fourth-order valence-electron chi connectivity index (χ4n) is 2.09. The van der Waals surface area contributed by atoms with E-state index in [1.54, 1.807) is 18.2 Å². The molecule has 0 saturated carbocycles. The van der Waals surface area contributed by atoms with Crippen molar-refractivity contribution in [2.45, 2.75) is 11.8 Å². The average molecular weight is 375 g/mol. The predicted octanol–water partition coefficient (Wildman–Crippen LogP) is 3.98. The van der Waals surface area contributed by atoms with Crippen molar-refractivity contribution in [2.24, 2.45) is 0 Å². The summed E-state index contributed by atoms with van der Waals surface area (Å²) in [6.45, 7) is 2.00. The first-order chi connectivity index (χ1) is 11.9. The molecule has 0 amide bonds. The molecule has 1 aromatic heterocycles. The van der Waals surface area contributed by atoms with E-state index in [1.165, 1.54) is 18.2 Å². The van der Waals surface area contributed by atoms with Crippen molar-refractivity contribution in [3.8, 4) is 0 Å². The van der Waals surface area contributed by atoms with Gasteiger partial charge in [-0.2, -0.15) is 0 Å². The molecular formula is C17H15ClN4O2S. The third-order valence-electron chi connectivity index (χ3n) is 3.35. The van der Waals surface area contributed by atoms with Gasteiger partial charge in [0.1, 0.15) is 4.90 Å². The Balaban J connectivity index is 1.74. The molecule has 0 aliphatic heterocycles. The highest BCUT2D eigenvalue weighted by molar-refractivity contribution is 7.92. The van der Waals surface area contributed by atoms with Gasteiger partial charge in [-0.05, 0) is 43.3 Å². The number of halogens is 1. The van der Waals surface area contributed by atoms with Crippen molar-refractivity contribution in [1.29, 1.82) is 0 Å². The number of rotatable bonds is 5. The Kier molecular flexibility index (Phi) is 4.87. The van der Waals surface area contributed by atoms with E-state index in [9.17, 15) is 8.42 Å². The van der Waals surface area contributed by atoms with Gasteiger partial charge in [0.2, 0.25) is 0 Å². The minimum Gasteiger partial charge on any atom is -0.339 e. The fraction of sp³-hybridized carbons (Fsp3) is 0.0588. The summed E-state index contributed by atoms with van der Waals surface area (Å²) in [4.78, 5) is -0.0136. The second-order valence-electron chi connectivity index (χ2n) is 5.33. The van der Waals surface area contributed by atoms with Gasteiger partial charge in [0.05, 0.1) is 5.02 Å². The van der Waals surface area contributed by atoms with Crippen LogP contribution in [-0.4, -0.2) is 18.6 Å². The summed E-state index contributed by atoms with van der Waals surface area (Å²) < 4.78 is 27.1. The quantitative estimate of drug-likeness (QED) is 0.705. The molecule has 0 radical (unpaired) electrons. The Morgan fingerprint density at radius 1 is 0.880 bits per heavy atom. The molecule has 2 N–H and O–H groups in total. The third-order valence-corrected chi connectivity index (χ3v) is 5.21. The van der Waals surface area contributed by atoms with Crippen molar-refractivity contribution in [1.82, 2.24) is 10.2 Å². The zero-order valence-electron chi connectivity index (χ0n) is 13.3. The van der Waals surface area contributed by atoms with Crippen LogP contribution in [0.25, 0.3) is 0 Å². The second-order valence-corrected chi connectivity index (χ2v) is 7.39. The lowest BCUT2D eigenvalue weighted by Gasteiger charge is -2.09. The van der Waals surface area contributed by atoms with Crippen LogP contribution in [0.4, 0.5) is 17.3 Å². The van der Waals surface area contributed by atoms with E-state index < -0.39 is 10.0 Å². The molecule has 0 unspecified atom stereocenters. The van der Waals surface area contributed by atoms with Crippen molar-refractivity contribution in [3.63, 3.8) is 0 Å². The smallest absolute Gasteiger partial charge is 0.264 e. The molecule has 0 saturated heterocycles. The Labute approximate surface area is 150 Å². The minimum absolute atomic E-state index is 0.0136. The maximum absolute atomic E-state index is 12.4. The van der Waals surface area contributed by atoms with Gasteiger partial charge in [0.25, 0.3) is 10.0 Å². The zero-order valence-corrected chi connectivity index (χ0v) is 14.8. The van der Waals surface area contributed by atoms with Gasteiger partial charge in [-0.3, -0.25) is 4.72 Å². The Hall–Kier alpha value is -2.64. The number of nitrogens with one attached hydrogen (secondary N) is 2. The maximum atomic E-state index is 12.4. The molecule has 2 aromatic carbocycles. The molecule has 0 atom stereocenters. The molecule has 6 nitrogen and oxygen atoms in total. The van der Waals surface area contributed by atoms with E-state index >= 15 is 0 Å². The molecule has 0 bridgehead atoms. The number of aryl methyl sites for hydroxylation is 1. The van der Waals surface area contributed by atoms with Crippen molar-refractivity contribution in [2.75, 3.05) is 10.0 Å². The topological polar surface area (TPSA) is 84.0 Å². The Bertz CT molecular complexity index is 974. The van der Waals surface area contributed by atoms with Crippen LogP contribution in [-0.2, 0) is 10.0 Å². The largest absolute Gasteiger partial charge is 0.339 e. The molecule has 8 heteroatoms. The SMILES string of the molecule is Cc1ccc(Nc2ccc(NS(=O)(=O)c3ccccc3Cl)nn2)cc1. The third kappa shape index (κ3) is 4.26. The highest BCUT2D eigenvalue weighted by atomic mass is 35.5. The molecule has 0 fully saturated rings. The van der Waals surface area contributed by atoms with Crippen LogP contribution in [0.5, 0.6) is 0 Å². The van der Waals surface area contributed by atoms with Gasteiger partial charge in [0, 0.05) is 5.69 Å². The first kappa shape index (κ1) is 17.2. The van der Waals surface area contributed by atoms with Gasteiger partial charge < -0.3 is 5.32 Å². The second kappa shape index (κ2) is 7.08.